The lowest BCUT2D eigenvalue weighted by atomic mass is 10.0. The zero-order valence-corrected chi connectivity index (χ0v) is 5.97. The maximum Gasteiger partial charge on any atom is 0.136 e. The topological polar surface area (TPSA) is 40.9 Å². The molecule has 1 atom stereocenters. The van der Waals surface area contributed by atoms with E-state index in [1.54, 1.807) is 0 Å². The summed E-state index contributed by atoms with van der Waals surface area (Å²) in [7, 11) is 0. The third-order valence-corrected chi connectivity index (χ3v) is 2.04. The van der Waals surface area contributed by atoms with E-state index < -0.39 is 0 Å². The van der Waals surface area contributed by atoms with Gasteiger partial charge in [0.1, 0.15) is 5.78 Å². The Morgan fingerprint density at radius 1 is 1.70 bits per heavy atom. The van der Waals surface area contributed by atoms with Crippen LogP contribution < -0.4 is 0 Å². The number of Topliss-reactive ketones (excluding diaryl/α,β-unsaturated/α-hetero) is 1. The fourth-order valence-corrected chi connectivity index (χ4v) is 1.43. The van der Waals surface area contributed by atoms with Crippen molar-refractivity contribution in [3.63, 3.8) is 0 Å². The molecule has 0 unspecified atom stereocenters. The minimum absolute atomic E-state index is 0.222. The van der Waals surface area contributed by atoms with Crippen LogP contribution in [0.3, 0.4) is 0 Å². The van der Waals surface area contributed by atoms with Crippen molar-refractivity contribution in [1.82, 2.24) is 0 Å². The van der Waals surface area contributed by atoms with E-state index in [0.717, 1.165) is 25.7 Å². The van der Waals surface area contributed by atoms with Gasteiger partial charge in [-0.2, -0.15) is 5.26 Å². The molecule has 10 heavy (non-hydrogen) atoms. The summed E-state index contributed by atoms with van der Waals surface area (Å²) in [4.78, 5) is 11.0. The van der Waals surface area contributed by atoms with E-state index in [9.17, 15) is 4.79 Å². The molecule has 0 spiro atoms. The Labute approximate surface area is 60.8 Å². The predicted octanol–water partition coefficient (Wildman–Crippen LogP) is 1.66. The van der Waals surface area contributed by atoms with E-state index in [4.69, 9.17) is 5.26 Å². The lowest BCUT2D eigenvalue weighted by molar-refractivity contribution is -0.120. The van der Waals surface area contributed by atoms with Crippen LogP contribution in [0.2, 0.25) is 0 Å². The van der Waals surface area contributed by atoms with Crippen molar-refractivity contribution >= 4 is 5.78 Å². The number of hydrogen-bond acceptors (Lipinski definition) is 2. The number of rotatable bonds is 2. The Balaban J connectivity index is 2.28. The van der Waals surface area contributed by atoms with Crippen molar-refractivity contribution in [2.75, 3.05) is 0 Å². The van der Waals surface area contributed by atoms with Gasteiger partial charge in [0.2, 0.25) is 0 Å². The fourth-order valence-electron chi connectivity index (χ4n) is 1.43. The SMILES string of the molecule is N#CCC[C@H]1CCCC1=O. The van der Waals surface area contributed by atoms with Gasteiger partial charge in [-0.05, 0) is 19.3 Å². The van der Waals surface area contributed by atoms with Crippen LogP contribution >= 0.6 is 0 Å². The first-order valence-electron chi connectivity index (χ1n) is 3.74. The normalized spacial score (nSPS) is 24.7. The van der Waals surface area contributed by atoms with Crippen molar-refractivity contribution in [2.24, 2.45) is 5.92 Å². The summed E-state index contributed by atoms with van der Waals surface area (Å²) in [6, 6.07) is 2.06. The van der Waals surface area contributed by atoms with Crippen LogP contribution in [0.1, 0.15) is 32.1 Å². The van der Waals surface area contributed by atoms with Gasteiger partial charge in [0, 0.05) is 18.8 Å². The molecule has 1 aliphatic rings. The zero-order chi connectivity index (χ0) is 7.40. The molecule has 54 valence electrons. The van der Waals surface area contributed by atoms with Gasteiger partial charge in [0.25, 0.3) is 0 Å². The van der Waals surface area contributed by atoms with E-state index in [1.165, 1.54) is 0 Å². The Morgan fingerprint density at radius 3 is 3.00 bits per heavy atom. The monoisotopic (exact) mass is 137 g/mol. The summed E-state index contributed by atoms with van der Waals surface area (Å²) in [5.41, 5.74) is 0. The average molecular weight is 137 g/mol. The fraction of sp³-hybridized carbons (Fsp3) is 0.750. The van der Waals surface area contributed by atoms with E-state index in [0.29, 0.717) is 12.2 Å². The molecule has 2 nitrogen and oxygen atoms in total. The molecule has 0 aromatic carbocycles. The Morgan fingerprint density at radius 2 is 2.50 bits per heavy atom. The number of ketones is 1. The molecular formula is C8H11NO. The van der Waals surface area contributed by atoms with Crippen LogP contribution in [0.25, 0.3) is 0 Å². The Hall–Kier alpha value is -0.840. The highest BCUT2D eigenvalue weighted by atomic mass is 16.1. The number of carbonyl (C=O) groups excluding carboxylic acids is 1. The second-order valence-corrected chi connectivity index (χ2v) is 2.75. The number of nitrogens with zero attached hydrogens (tertiary/aromatic N) is 1. The minimum Gasteiger partial charge on any atom is -0.299 e. The van der Waals surface area contributed by atoms with Crippen LogP contribution in [0.15, 0.2) is 0 Å². The van der Waals surface area contributed by atoms with Gasteiger partial charge >= 0.3 is 0 Å². The summed E-state index contributed by atoms with van der Waals surface area (Å²) >= 11 is 0. The first-order chi connectivity index (χ1) is 4.84. The van der Waals surface area contributed by atoms with Crippen LogP contribution in [0.5, 0.6) is 0 Å². The number of hydrogen-bond donors (Lipinski definition) is 0. The summed E-state index contributed by atoms with van der Waals surface area (Å²) in [6.07, 6.45) is 4.12. The number of carbonyl (C=O) groups is 1. The van der Waals surface area contributed by atoms with Crippen molar-refractivity contribution in [1.29, 1.82) is 5.26 Å². The van der Waals surface area contributed by atoms with Crippen molar-refractivity contribution in [2.45, 2.75) is 32.1 Å². The van der Waals surface area contributed by atoms with Gasteiger partial charge in [0.05, 0.1) is 6.07 Å². The smallest absolute Gasteiger partial charge is 0.136 e. The van der Waals surface area contributed by atoms with Crippen LogP contribution in [0.4, 0.5) is 0 Å². The molecule has 1 fully saturated rings. The number of nitriles is 1. The largest absolute Gasteiger partial charge is 0.299 e. The first-order valence-corrected chi connectivity index (χ1v) is 3.74. The van der Waals surface area contributed by atoms with Crippen LogP contribution in [-0.4, -0.2) is 5.78 Å². The molecule has 0 saturated heterocycles. The molecular weight excluding hydrogens is 126 g/mol. The molecule has 0 aromatic rings. The van der Waals surface area contributed by atoms with Gasteiger partial charge in [-0.3, -0.25) is 4.79 Å². The molecule has 1 rings (SSSR count). The van der Waals surface area contributed by atoms with E-state index in [-0.39, 0.29) is 5.92 Å². The second-order valence-electron chi connectivity index (χ2n) is 2.75. The summed E-state index contributed by atoms with van der Waals surface area (Å²) < 4.78 is 0. The first kappa shape index (κ1) is 7.27. The van der Waals surface area contributed by atoms with E-state index >= 15 is 0 Å². The molecule has 0 bridgehead atoms. The molecule has 0 radical (unpaired) electrons. The van der Waals surface area contributed by atoms with Gasteiger partial charge in [-0.1, -0.05) is 0 Å². The van der Waals surface area contributed by atoms with Crippen molar-refractivity contribution in [3.8, 4) is 6.07 Å². The standard InChI is InChI=1S/C8H11NO/c9-6-2-4-7-3-1-5-8(7)10/h7H,1-5H2/t7-/m1/s1. The van der Waals surface area contributed by atoms with Crippen molar-refractivity contribution < 1.29 is 4.79 Å². The van der Waals surface area contributed by atoms with E-state index in [1.807, 2.05) is 0 Å². The molecule has 0 amide bonds. The predicted molar refractivity (Wildman–Crippen MR) is 37.2 cm³/mol. The third-order valence-electron chi connectivity index (χ3n) is 2.04. The molecule has 1 saturated carbocycles. The lowest BCUT2D eigenvalue weighted by Gasteiger charge is -2.01. The summed E-state index contributed by atoms with van der Waals surface area (Å²) in [5.74, 6) is 0.592. The maximum atomic E-state index is 11.0. The minimum atomic E-state index is 0.222. The zero-order valence-electron chi connectivity index (χ0n) is 5.97. The van der Waals surface area contributed by atoms with Crippen LogP contribution in [-0.2, 0) is 4.79 Å². The maximum absolute atomic E-state index is 11.0. The van der Waals surface area contributed by atoms with Gasteiger partial charge in [0.15, 0.2) is 0 Å². The highest BCUT2D eigenvalue weighted by Crippen LogP contribution is 2.24. The summed E-state index contributed by atoms with van der Waals surface area (Å²) in [5, 5.41) is 8.25. The Kier molecular flexibility index (Phi) is 2.44. The average Bonchev–Trinajstić information content (AvgIpc) is 2.31. The molecule has 1 aliphatic carbocycles. The molecule has 0 aliphatic heterocycles. The van der Waals surface area contributed by atoms with E-state index in [2.05, 4.69) is 6.07 Å². The second kappa shape index (κ2) is 3.36. The van der Waals surface area contributed by atoms with Gasteiger partial charge < -0.3 is 0 Å². The third kappa shape index (κ3) is 1.57. The quantitative estimate of drug-likeness (QED) is 0.580. The Bertz CT molecular complexity index is 169. The highest BCUT2D eigenvalue weighted by molar-refractivity contribution is 5.82. The summed E-state index contributed by atoms with van der Waals surface area (Å²) in [6.45, 7) is 0. The molecule has 0 N–H and O–H groups in total. The lowest BCUT2D eigenvalue weighted by Crippen LogP contribution is -2.04. The molecule has 0 heterocycles. The van der Waals surface area contributed by atoms with Gasteiger partial charge in [-0.15, -0.1) is 0 Å². The van der Waals surface area contributed by atoms with Crippen LogP contribution in [0, 0.1) is 17.2 Å². The van der Waals surface area contributed by atoms with Gasteiger partial charge in [-0.25, -0.2) is 0 Å². The molecule has 2 heteroatoms. The molecule has 0 aromatic heterocycles. The highest BCUT2D eigenvalue weighted by Gasteiger charge is 2.23. The van der Waals surface area contributed by atoms with Crippen molar-refractivity contribution in [3.05, 3.63) is 0 Å².